The molecule has 0 aromatic rings. The molecule has 0 amide bonds. The topological polar surface area (TPSA) is 41.6 Å². The van der Waals surface area contributed by atoms with Crippen molar-refractivity contribution in [3.63, 3.8) is 0 Å². The molecule has 1 heterocycles. The zero-order valence-electron chi connectivity index (χ0n) is 12.5. The van der Waals surface area contributed by atoms with Gasteiger partial charge in [-0.05, 0) is 71.0 Å². The third-order valence-corrected chi connectivity index (χ3v) is 5.00. The minimum absolute atomic E-state index is 0.150. The maximum absolute atomic E-state index is 6.49. The lowest BCUT2D eigenvalue weighted by molar-refractivity contribution is 0.0783. The van der Waals surface area contributed by atoms with Crippen molar-refractivity contribution in [1.82, 2.24) is 4.90 Å². The zero-order valence-corrected chi connectivity index (χ0v) is 13.3. The lowest BCUT2D eigenvalue weighted by Gasteiger charge is -2.44. The van der Waals surface area contributed by atoms with Gasteiger partial charge in [0.1, 0.15) is 5.17 Å². The molecule has 1 aliphatic carbocycles. The predicted molar refractivity (Wildman–Crippen MR) is 82.6 cm³/mol. The number of nitrogens with zero attached hydrogens (tertiary/aromatic N) is 2. The molecule has 1 aliphatic heterocycles. The van der Waals surface area contributed by atoms with E-state index in [1.54, 1.807) is 0 Å². The molecule has 2 aliphatic rings. The molecule has 1 fully saturated rings. The number of rotatable bonds is 2. The van der Waals surface area contributed by atoms with Gasteiger partial charge in [-0.25, -0.2) is 4.99 Å². The second-order valence-corrected chi connectivity index (χ2v) is 6.93. The van der Waals surface area contributed by atoms with Crippen LogP contribution in [0.3, 0.4) is 0 Å². The van der Waals surface area contributed by atoms with Gasteiger partial charge in [-0.15, -0.1) is 0 Å². The lowest BCUT2D eigenvalue weighted by Crippen LogP contribution is -2.49. The molecule has 108 valence electrons. The first-order chi connectivity index (χ1) is 8.85. The fraction of sp³-hybridized carbons (Fsp3) is 0.800. The van der Waals surface area contributed by atoms with Crippen molar-refractivity contribution in [2.45, 2.75) is 59.0 Å². The van der Waals surface area contributed by atoms with Crippen LogP contribution in [0.15, 0.2) is 16.3 Å². The first-order valence-electron chi connectivity index (χ1n) is 7.26. The van der Waals surface area contributed by atoms with Crippen molar-refractivity contribution in [3.8, 4) is 0 Å². The third kappa shape index (κ3) is 2.88. The number of aliphatic imine (C=N–C) groups is 1. The summed E-state index contributed by atoms with van der Waals surface area (Å²) in [4.78, 5) is 7.02. The third-order valence-electron chi connectivity index (χ3n) is 4.91. The van der Waals surface area contributed by atoms with Crippen LogP contribution in [-0.2, 0) is 0 Å². The van der Waals surface area contributed by atoms with E-state index >= 15 is 0 Å². The monoisotopic (exact) mass is 283 g/mol. The Balaban J connectivity index is 2.11. The van der Waals surface area contributed by atoms with E-state index in [1.165, 1.54) is 18.4 Å². The summed E-state index contributed by atoms with van der Waals surface area (Å²) < 4.78 is 0. The fourth-order valence-corrected chi connectivity index (χ4v) is 3.61. The van der Waals surface area contributed by atoms with Crippen molar-refractivity contribution >= 4 is 16.8 Å². The molecule has 3 nitrogen and oxygen atoms in total. The summed E-state index contributed by atoms with van der Waals surface area (Å²) in [6, 6.07) is 0.781. The van der Waals surface area contributed by atoms with E-state index in [9.17, 15) is 0 Å². The summed E-state index contributed by atoms with van der Waals surface area (Å²) in [5, 5.41) is 0.609. The number of piperidine rings is 1. The van der Waals surface area contributed by atoms with Gasteiger partial charge in [-0.2, -0.15) is 0 Å². The summed E-state index contributed by atoms with van der Waals surface area (Å²) in [6.45, 7) is 10.8. The van der Waals surface area contributed by atoms with Crippen LogP contribution in [0.4, 0.5) is 0 Å². The van der Waals surface area contributed by atoms with Gasteiger partial charge < -0.3 is 10.6 Å². The van der Waals surface area contributed by atoms with Gasteiger partial charge in [0.15, 0.2) is 0 Å². The van der Waals surface area contributed by atoms with Gasteiger partial charge in [0.25, 0.3) is 0 Å². The standard InChI is InChI=1S/C15H26ClN3/c1-10(2)19-7-5-15(6-8-19)9-13(18-12(4)16)11(3)14(15)17/h10,14H,5-9,17H2,1-4H3/b18-12+/t14-/m1/s1. The molecule has 4 heteroatoms. The zero-order chi connectivity index (χ0) is 14.2. The summed E-state index contributed by atoms with van der Waals surface area (Å²) in [5.74, 6) is 0. The smallest absolute Gasteiger partial charge is 0.103 e. The van der Waals surface area contributed by atoms with Gasteiger partial charge in [-0.1, -0.05) is 11.6 Å². The van der Waals surface area contributed by atoms with Gasteiger partial charge in [-0.3, -0.25) is 0 Å². The minimum Gasteiger partial charge on any atom is -0.324 e. The largest absolute Gasteiger partial charge is 0.324 e. The fourth-order valence-electron chi connectivity index (χ4n) is 3.51. The quantitative estimate of drug-likeness (QED) is 0.791. The van der Waals surface area contributed by atoms with E-state index in [-0.39, 0.29) is 11.5 Å². The number of allylic oxidation sites excluding steroid dienone is 1. The molecule has 0 aromatic carbocycles. The lowest BCUT2D eigenvalue weighted by atomic mass is 9.72. The Labute approximate surface area is 121 Å². The Morgan fingerprint density at radius 3 is 2.47 bits per heavy atom. The summed E-state index contributed by atoms with van der Waals surface area (Å²) in [5.41, 5.74) is 9.07. The Kier molecular flexibility index (Phi) is 4.38. The highest BCUT2D eigenvalue weighted by atomic mass is 35.5. The van der Waals surface area contributed by atoms with Crippen molar-refractivity contribution in [2.75, 3.05) is 13.1 Å². The molecular weight excluding hydrogens is 258 g/mol. The highest BCUT2D eigenvalue weighted by Gasteiger charge is 2.46. The summed E-state index contributed by atoms with van der Waals surface area (Å²) in [6.07, 6.45) is 3.34. The summed E-state index contributed by atoms with van der Waals surface area (Å²) in [7, 11) is 0. The number of likely N-dealkylation sites (tertiary alicyclic amines) is 1. The molecule has 19 heavy (non-hydrogen) atoms. The van der Waals surface area contributed by atoms with Crippen LogP contribution in [0, 0.1) is 5.41 Å². The molecule has 2 N–H and O–H groups in total. The maximum atomic E-state index is 6.49. The average Bonchev–Trinajstić information content (AvgIpc) is 2.55. The van der Waals surface area contributed by atoms with Crippen LogP contribution in [-0.4, -0.2) is 35.2 Å². The molecule has 0 bridgehead atoms. The average molecular weight is 284 g/mol. The van der Waals surface area contributed by atoms with E-state index in [4.69, 9.17) is 17.3 Å². The molecule has 0 radical (unpaired) electrons. The molecule has 1 spiro atoms. The normalized spacial score (nSPS) is 28.8. The maximum Gasteiger partial charge on any atom is 0.103 e. The Morgan fingerprint density at radius 1 is 1.42 bits per heavy atom. The van der Waals surface area contributed by atoms with Crippen LogP contribution in [0.2, 0.25) is 0 Å². The van der Waals surface area contributed by atoms with E-state index < -0.39 is 0 Å². The molecule has 1 saturated heterocycles. The SMILES string of the molecule is CC1=C(/N=C(\C)Cl)CC2(CCN(C(C)C)CC2)[C@@H]1N. The Bertz CT molecular complexity index is 400. The molecule has 2 rings (SSSR count). The number of nitrogens with two attached hydrogens (primary N) is 1. The van der Waals surface area contributed by atoms with E-state index in [0.717, 1.165) is 25.2 Å². The molecule has 0 saturated carbocycles. The first-order valence-corrected chi connectivity index (χ1v) is 7.63. The van der Waals surface area contributed by atoms with E-state index in [1.807, 2.05) is 6.92 Å². The highest BCUT2D eigenvalue weighted by Crippen LogP contribution is 2.48. The van der Waals surface area contributed by atoms with Gasteiger partial charge in [0.2, 0.25) is 0 Å². The van der Waals surface area contributed by atoms with Crippen molar-refractivity contribution in [3.05, 3.63) is 11.3 Å². The van der Waals surface area contributed by atoms with Crippen molar-refractivity contribution < 1.29 is 0 Å². The molecule has 0 aromatic heterocycles. The Morgan fingerprint density at radius 2 is 2.00 bits per heavy atom. The van der Waals surface area contributed by atoms with Crippen LogP contribution in [0.5, 0.6) is 0 Å². The van der Waals surface area contributed by atoms with Gasteiger partial charge in [0, 0.05) is 17.8 Å². The first kappa shape index (κ1) is 15.0. The van der Waals surface area contributed by atoms with Crippen LogP contribution in [0.1, 0.15) is 47.0 Å². The van der Waals surface area contributed by atoms with Crippen LogP contribution < -0.4 is 5.73 Å². The number of halogens is 1. The number of hydrogen-bond donors (Lipinski definition) is 1. The van der Waals surface area contributed by atoms with Crippen LogP contribution in [0.25, 0.3) is 0 Å². The second-order valence-electron chi connectivity index (χ2n) is 6.39. The van der Waals surface area contributed by atoms with Crippen molar-refractivity contribution in [1.29, 1.82) is 0 Å². The summed E-state index contributed by atoms with van der Waals surface area (Å²) >= 11 is 5.93. The molecular formula is C15H26ClN3. The second kappa shape index (κ2) is 5.55. The van der Waals surface area contributed by atoms with Crippen molar-refractivity contribution in [2.24, 2.45) is 16.1 Å². The van der Waals surface area contributed by atoms with Gasteiger partial charge in [0.05, 0.1) is 0 Å². The van der Waals surface area contributed by atoms with E-state index in [2.05, 4.69) is 30.7 Å². The van der Waals surface area contributed by atoms with Gasteiger partial charge >= 0.3 is 0 Å². The van der Waals surface area contributed by atoms with Crippen LogP contribution >= 0.6 is 11.6 Å². The van der Waals surface area contributed by atoms with E-state index in [0.29, 0.717) is 11.2 Å². The molecule has 0 unspecified atom stereocenters. The predicted octanol–water partition coefficient (Wildman–Crippen LogP) is 3.14. The minimum atomic E-state index is 0.150. The number of hydrogen-bond acceptors (Lipinski definition) is 3. The Hall–Kier alpha value is -0.380. The molecule has 1 atom stereocenters. The highest BCUT2D eigenvalue weighted by molar-refractivity contribution is 6.64.